The molecule has 2 heterocycles. The van der Waals surface area contributed by atoms with Crippen molar-refractivity contribution in [1.82, 2.24) is 9.88 Å². The van der Waals surface area contributed by atoms with E-state index in [2.05, 4.69) is 16.8 Å². The molecule has 0 radical (unpaired) electrons. The van der Waals surface area contributed by atoms with Crippen LogP contribution < -0.4 is 5.73 Å². The Hall–Kier alpha value is -2.39. The van der Waals surface area contributed by atoms with E-state index in [0.717, 1.165) is 6.42 Å². The minimum Gasteiger partial charge on any atom is -0.384 e. The number of nitrogens with two attached hydrogens (primary N) is 1. The fraction of sp³-hybridized carbons (Fsp3) is 0.400. The first-order valence-electron chi connectivity index (χ1n) is 6.76. The van der Waals surface area contributed by atoms with Crippen molar-refractivity contribution in [2.24, 2.45) is 11.7 Å². The van der Waals surface area contributed by atoms with Gasteiger partial charge < -0.3 is 15.7 Å². The zero-order valence-electron chi connectivity index (χ0n) is 11.6. The highest BCUT2D eigenvalue weighted by atomic mass is 16.2. The van der Waals surface area contributed by atoms with Gasteiger partial charge in [0, 0.05) is 25.5 Å². The van der Waals surface area contributed by atoms with Crippen LogP contribution in [0.5, 0.6) is 0 Å². The standard InChI is InChI=1S/C15H17N3O3/c16-14(20)12-3-1-7-18(10-12)15(21)13-5-6-17-9-11(13)4-2-8-19/h5-6,9,12,19H,1,3,7-8,10H2,(H2,16,20). The van der Waals surface area contributed by atoms with Crippen molar-refractivity contribution in [2.45, 2.75) is 12.8 Å². The lowest BCUT2D eigenvalue weighted by Crippen LogP contribution is -2.44. The highest BCUT2D eigenvalue weighted by Crippen LogP contribution is 2.19. The summed E-state index contributed by atoms with van der Waals surface area (Å²) in [5, 5.41) is 8.76. The van der Waals surface area contributed by atoms with Gasteiger partial charge in [0.2, 0.25) is 5.91 Å². The number of amides is 2. The van der Waals surface area contributed by atoms with Crippen molar-refractivity contribution >= 4 is 11.8 Å². The SMILES string of the molecule is NC(=O)C1CCCN(C(=O)c2ccncc2C#CCO)C1. The Bertz CT molecular complexity index is 604. The van der Waals surface area contributed by atoms with Gasteiger partial charge in [-0.25, -0.2) is 0 Å². The Morgan fingerprint density at radius 1 is 1.52 bits per heavy atom. The summed E-state index contributed by atoms with van der Waals surface area (Å²) in [6.07, 6.45) is 4.48. The topological polar surface area (TPSA) is 96.5 Å². The number of nitrogens with zero attached hydrogens (tertiary/aromatic N) is 2. The smallest absolute Gasteiger partial charge is 0.255 e. The van der Waals surface area contributed by atoms with E-state index in [-0.39, 0.29) is 24.3 Å². The molecule has 21 heavy (non-hydrogen) atoms. The van der Waals surface area contributed by atoms with Crippen LogP contribution in [0.25, 0.3) is 0 Å². The number of carbonyl (C=O) groups is 2. The summed E-state index contributed by atoms with van der Waals surface area (Å²) in [6.45, 7) is 0.650. The third-order valence-corrected chi connectivity index (χ3v) is 3.46. The van der Waals surface area contributed by atoms with E-state index in [4.69, 9.17) is 10.8 Å². The number of carbonyl (C=O) groups excluding carboxylic acids is 2. The molecular formula is C15H17N3O3. The molecule has 1 unspecified atom stereocenters. The van der Waals surface area contributed by atoms with Gasteiger partial charge in [0.25, 0.3) is 5.91 Å². The summed E-state index contributed by atoms with van der Waals surface area (Å²) < 4.78 is 0. The van der Waals surface area contributed by atoms with Gasteiger partial charge in [0.1, 0.15) is 6.61 Å². The first-order valence-corrected chi connectivity index (χ1v) is 6.76. The highest BCUT2D eigenvalue weighted by molar-refractivity contribution is 5.97. The second-order valence-electron chi connectivity index (χ2n) is 4.87. The fourth-order valence-corrected chi connectivity index (χ4v) is 2.38. The molecule has 1 aliphatic heterocycles. The number of pyridine rings is 1. The van der Waals surface area contributed by atoms with Crippen LogP contribution in [0.1, 0.15) is 28.8 Å². The summed E-state index contributed by atoms with van der Waals surface area (Å²) >= 11 is 0. The predicted octanol–water partition coefficient (Wildman–Crippen LogP) is -0.237. The van der Waals surface area contributed by atoms with Crippen LogP contribution in [-0.2, 0) is 4.79 Å². The molecule has 0 saturated carbocycles. The number of likely N-dealkylation sites (tertiary alicyclic amines) is 1. The maximum atomic E-state index is 12.6. The molecule has 110 valence electrons. The van der Waals surface area contributed by atoms with Gasteiger partial charge in [-0.15, -0.1) is 0 Å². The lowest BCUT2D eigenvalue weighted by Gasteiger charge is -2.31. The van der Waals surface area contributed by atoms with E-state index in [1.807, 2.05) is 0 Å². The summed E-state index contributed by atoms with van der Waals surface area (Å²) in [4.78, 5) is 29.4. The van der Waals surface area contributed by atoms with Crippen LogP contribution in [0.2, 0.25) is 0 Å². The number of rotatable bonds is 2. The normalized spacial score (nSPS) is 17.8. The van der Waals surface area contributed by atoms with Gasteiger partial charge in [-0.3, -0.25) is 14.6 Å². The maximum absolute atomic E-state index is 12.6. The first-order chi connectivity index (χ1) is 10.1. The first kappa shape index (κ1) is 15.0. The monoisotopic (exact) mass is 287 g/mol. The van der Waals surface area contributed by atoms with Crippen LogP contribution in [0, 0.1) is 17.8 Å². The molecule has 2 rings (SSSR count). The van der Waals surface area contributed by atoms with Gasteiger partial charge in [-0.1, -0.05) is 11.8 Å². The Morgan fingerprint density at radius 3 is 3.05 bits per heavy atom. The predicted molar refractivity (Wildman–Crippen MR) is 76.0 cm³/mol. The molecule has 1 atom stereocenters. The van der Waals surface area contributed by atoms with E-state index in [1.165, 1.54) is 12.4 Å². The summed E-state index contributed by atoms with van der Waals surface area (Å²) in [6, 6.07) is 1.59. The number of piperidine rings is 1. The Kier molecular flexibility index (Phi) is 4.90. The average Bonchev–Trinajstić information content (AvgIpc) is 2.52. The van der Waals surface area contributed by atoms with Crippen LogP contribution >= 0.6 is 0 Å². The molecule has 6 heteroatoms. The van der Waals surface area contributed by atoms with Gasteiger partial charge in [0.05, 0.1) is 17.0 Å². The van der Waals surface area contributed by atoms with E-state index >= 15 is 0 Å². The van der Waals surface area contributed by atoms with Crippen LogP contribution in [0.3, 0.4) is 0 Å². The lowest BCUT2D eigenvalue weighted by atomic mass is 9.96. The Labute approximate surface area is 123 Å². The van der Waals surface area contributed by atoms with Crippen molar-refractivity contribution in [1.29, 1.82) is 0 Å². The summed E-state index contributed by atoms with van der Waals surface area (Å²) in [5.41, 5.74) is 6.22. The number of aliphatic hydroxyl groups is 1. The third-order valence-electron chi connectivity index (χ3n) is 3.46. The van der Waals surface area contributed by atoms with Gasteiger partial charge in [-0.05, 0) is 18.9 Å². The van der Waals surface area contributed by atoms with Gasteiger partial charge in [-0.2, -0.15) is 0 Å². The van der Waals surface area contributed by atoms with Crippen molar-refractivity contribution < 1.29 is 14.7 Å². The zero-order valence-corrected chi connectivity index (χ0v) is 11.6. The second-order valence-corrected chi connectivity index (χ2v) is 4.87. The molecule has 1 aliphatic rings. The lowest BCUT2D eigenvalue weighted by molar-refractivity contribution is -0.123. The van der Waals surface area contributed by atoms with Crippen molar-refractivity contribution in [3.8, 4) is 11.8 Å². The summed E-state index contributed by atoms with van der Waals surface area (Å²) in [7, 11) is 0. The molecule has 6 nitrogen and oxygen atoms in total. The van der Waals surface area contributed by atoms with Crippen molar-refractivity contribution in [3.63, 3.8) is 0 Å². The van der Waals surface area contributed by atoms with Crippen LogP contribution in [0.4, 0.5) is 0 Å². The minimum atomic E-state index is -0.373. The molecule has 1 aromatic heterocycles. The van der Waals surface area contributed by atoms with Crippen molar-refractivity contribution in [3.05, 3.63) is 29.6 Å². The maximum Gasteiger partial charge on any atom is 0.255 e. The molecule has 0 bridgehead atoms. The molecule has 2 amide bonds. The van der Waals surface area contributed by atoms with Crippen LogP contribution in [0.15, 0.2) is 18.5 Å². The largest absolute Gasteiger partial charge is 0.384 e. The number of hydrogen-bond acceptors (Lipinski definition) is 4. The van der Waals surface area contributed by atoms with E-state index in [1.54, 1.807) is 11.0 Å². The van der Waals surface area contributed by atoms with E-state index in [9.17, 15) is 9.59 Å². The average molecular weight is 287 g/mol. The molecule has 0 aromatic carbocycles. The van der Waals surface area contributed by atoms with Crippen molar-refractivity contribution in [2.75, 3.05) is 19.7 Å². The number of aromatic nitrogens is 1. The fourth-order valence-electron chi connectivity index (χ4n) is 2.38. The molecule has 3 N–H and O–H groups in total. The summed E-state index contributed by atoms with van der Waals surface area (Å²) in [5.74, 6) is 4.37. The van der Waals surface area contributed by atoms with Gasteiger partial charge in [0.15, 0.2) is 0 Å². The van der Waals surface area contributed by atoms with E-state index < -0.39 is 0 Å². The number of primary amides is 1. The molecule has 1 fully saturated rings. The molecule has 1 saturated heterocycles. The number of hydrogen-bond donors (Lipinski definition) is 2. The van der Waals surface area contributed by atoms with Crippen LogP contribution in [-0.4, -0.2) is 46.5 Å². The number of aliphatic hydroxyl groups excluding tert-OH is 1. The zero-order chi connectivity index (χ0) is 15.2. The second kappa shape index (κ2) is 6.86. The quantitative estimate of drug-likeness (QED) is 0.734. The minimum absolute atomic E-state index is 0.189. The highest BCUT2D eigenvalue weighted by Gasteiger charge is 2.28. The Morgan fingerprint density at radius 2 is 2.33 bits per heavy atom. The van der Waals surface area contributed by atoms with E-state index in [0.29, 0.717) is 30.6 Å². The van der Waals surface area contributed by atoms with Gasteiger partial charge >= 0.3 is 0 Å². The third kappa shape index (κ3) is 3.58. The molecule has 0 aliphatic carbocycles. The molecule has 1 aromatic rings. The Balaban J connectivity index is 2.22. The molecule has 0 spiro atoms. The molecular weight excluding hydrogens is 270 g/mol.